The maximum Gasteiger partial charge on any atom is 0.336 e. The van der Waals surface area contributed by atoms with Crippen LogP contribution in [0, 0.1) is 0 Å². The second-order valence-corrected chi connectivity index (χ2v) is 5.51. The number of benzene rings is 2. The van der Waals surface area contributed by atoms with Crippen molar-refractivity contribution in [3.63, 3.8) is 0 Å². The Labute approximate surface area is 137 Å². The van der Waals surface area contributed by atoms with Gasteiger partial charge >= 0.3 is 5.97 Å². The van der Waals surface area contributed by atoms with Crippen molar-refractivity contribution in [3.8, 4) is 11.5 Å². The van der Waals surface area contributed by atoms with Gasteiger partial charge in [0.25, 0.3) is 0 Å². The molecule has 23 heavy (non-hydrogen) atoms. The minimum atomic E-state index is -0.957. The number of carbonyl (C=O) groups is 1. The van der Waals surface area contributed by atoms with Crippen LogP contribution in [-0.4, -0.2) is 24.3 Å². The quantitative estimate of drug-likeness (QED) is 0.669. The number of hydrogen-bond donors (Lipinski definition) is 1. The van der Waals surface area contributed by atoms with Crippen LogP contribution < -0.4 is 9.47 Å². The van der Waals surface area contributed by atoms with Crippen LogP contribution >= 0.6 is 0 Å². The van der Waals surface area contributed by atoms with Gasteiger partial charge in [0, 0.05) is 10.8 Å². The second kappa shape index (κ2) is 8.42. The molecule has 0 atom stereocenters. The first-order valence-electron chi connectivity index (χ1n) is 8.23. The largest absolute Gasteiger partial charge is 0.490 e. The molecule has 4 nitrogen and oxygen atoms in total. The Morgan fingerprint density at radius 2 is 1.61 bits per heavy atom. The Kier molecular flexibility index (Phi) is 6.27. The van der Waals surface area contributed by atoms with E-state index in [9.17, 15) is 9.90 Å². The van der Waals surface area contributed by atoms with Gasteiger partial charge in [-0.05, 0) is 18.9 Å². The molecule has 0 fully saturated rings. The lowest BCUT2D eigenvalue weighted by atomic mass is 10.0. The number of fused-ring (bicyclic) bond motifs is 1. The molecule has 0 radical (unpaired) electrons. The fourth-order valence-corrected chi connectivity index (χ4v) is 2.40. The van der Waals surface area contributed by atoms with Gasteiger partial charge in [-0.1, -0.05) is 51.0 Å². The summed E-state index contributed by atoms with van der Waals surface area (Å²) in [6, 6.07) is 9.00. The van der Waals surface area contributed by atoms with E-state index in [0.717, 1.165) is 31.1 Å². The summed E-state index contributed by atoms with van der Waals surface area (Å²) in [6.45, 7) is 5.34. The Bertz CT molecular complexity index is 664. The van der Waals surface area contributed by atoms with Crippen LogP contribution in [0.25, 0.3) is 10.8 Å². The summed E-state index contributed by atoms with van der Waals surface area (Å²) in [5.74, 6) is 0.211. The van der Waals surface area contributed by atoms with Gasteiger partial charge in [0.15, 0.2) is 11.5 Å². The smallest absolute Gasteiger partial charge is 0.336 e. The Hall–Kier alpha value is -2.23. The fraction of sp³-hybridized carbons (Fsp3) is 0.421. The fourth-order valence-electron chi connectivity index (χ4n) is 2.40. The predicted octanol–water partition coefficient (Wildman–Crippen LogP) is 4.90. The number of unbranched alkanes of at least 4 members (excludes halogenated alkanes) is 2. The number of rotatable bonds is 9. The number of hydrogen-bond acceptors (Lipinski definition) is 3. The van der Waals surface area contributed by atoms with Gasteiger partial charge in [-0.2, -0.15) is 0 Å². The van der Waals surface area contributed by atoms with E-state index in [1.807, 2.05) is 18.2 Å². The third-order valence-electron chi connectivity index (χ3n) is 3.69. The zero-order valence-corrected chi connectivity index (χ0v) is 13.8. The molecule has 0 saturated heterocycles. The topological polar surface area (TPSA) is 55.8 Å². The van der Waals surface area contributed by atoms with Crippen molar-refractivity contribution in [3.05, 3.63) is 35.9 Å². The third-order valence-corrected chi connectivity index (χ3v) is 3.69. The number of ether oxygens (including phenoxy) is 2. The summed E-state index contributed by atoms with van der Waals surface area (Å²) in [4.78, 5) is 11.6. The van der Waals surface area contributed by atoms with Crippen LogP contribution in [0.3, 0.4) is 0 Å². The van der Waals surface area contributed by atoms with Gasteiger partial charge in [-0.25, -0.2) is 4.79 Å². The average molecular weight is 316 g/mol. The lowest BCUT2D eigenvalue weighted by molar-refractivity contribution is 0.0698. The van der Waals surface area contributed by atoms with E-state index in [4.69, 9.17) is 9.47 Å². The van der Waals surface area contributed by atoms with Crippen LogP contribution in [0.2, 0.25) is 0 Å². The van der Waals surface area contributed by atoms with Gasteiger partial charge < -0.3 is 14.6 Å². The molecule has 4 heteroatoms. The molecular formula is C19H24O4. The molecule has 0 unspecified atom stereocenters. The van der Waals surface area contributed by atoms with Gasteiger partial charge in [-0.3, -0.25) is 0 Å². The van der Waals surface area contributed by atoms with E-state index >= 15 is 0 Å². The van der Waals surface area contributed by atoms with Gasteiger partial charge in [0.05, 0.1) is 18.8 Å². The summed E-state index contributed by atoms with van der Waals surface area (Å²) in [6.07, 6.45) is 3.93. The van der Waals surface area contributed by atoms with Crippen LogP contribution in [0.4, 0.5) is 0 Å². The molecule has 0 aliphatic rings. The van der Waals surface area contributed by atoms with Crippen molar-refractivity contribution >= 4 is 16.7 Å². The van der Waals surface area contributed by atoms with E-state index < -0.39 is 5.97 Å². The molecule has 2 aromatic carbocycles. The minimum absolute atomic E-state index is 0.245. The van der Waals surface area contributed by atoms with Crippen molar-refractivity contribution in [1.82, 2.24) is 0 Å². The maximum absolute atomic E-state index is 11.6. The first-order chi connectivity index (χ1) is 11.2. The molecule has 1 N–H and O–H groups in total. The SMILES string of the molecule is CCCCOc1cc(C(=O)O)c2ccccc2c1OCCCC. The van der Waals surface area contributed by atoms with Crippen molar-refractivity contribution < 1.29 is 19.4 Å². The molecular weight excluding hydrogens is 292 g/mol. The number of carboxylic acids is 1. The van der Waals surface area contributed by atoms with E-state index in [2.05, 4.69) is 13.8 Å². The second-order valence-electron chi connectivity index (χ2n) is 5.51. The van der Waals surface area contributed by atoms with Crippen molar-refractivity contribution in [2.24, 2.45) is 0 Å². The molecule has 124 valence electrons. The highest BCUT2D eigenvalue weighted by Crippen LogP contribution is 2.38. The van der Waals surface area contributed by atoms with E-state index in [1.165, 1.54) is 0 Å². The Balaban J connectivity index is 2.49. The summed E-state index contributed by atoms with van der Waals surface area (Å²) in [5, 5.41) is 10.9. The summed E-state index contributed by atoms with van der Waals surface area (Å²) in [7, 11) is 0. The molecule has 0 aliphatic heterocycles. The van der Waals surface area contributed by atoms with Gasteiger partial charge in [0.2, 0.25) is 0 Å². The summed E-state index contributed by atoms with van der Waals surface area (Å²) >= 11 is 0. The molecule has 0 heterocycles. The van der Waals surface area contributed by atoms with Crippen LogP contribution in [0.1, 0.15) is 49.9 Å². The normalized spacial score (nSPS) is 10.7. The number of aromatic carboxylic acids is 1. The Morgan fingerprint density at radius 1 is 1.00 bits per heavy atom. The van der Waals surface area contributed by atoms with E-state index in [-0.39, 0.29) is 5.56 Å². The average Bonchev–Trinajstić information content (AvgIpc) is 2.56. The lowest BCUT2D eigenvalue weighted by Gasteiger charge is -2.16. The van der Waals surface area contributed by atoms with Crippen LogP contribution in [-0.2, 0) is 0 Å². The highest BCUT2D eigenvalue weighted by Gasteiger charge is 2.18. The van der Waals surface area contributed by atoms with Gasteiger partial charge in [0.1, 0.15) is 0 Å². The van der Waals surface area contributed by atoms with Gasteiger partial charge in [-0.15, -0.1) is 0 Å². The van der Waals surface area contributed by atoms with E-state index in [1.54, 1.807) is 12.1 Å². The monoisotopic (exact) mass is 316 g/mol. The maximum atomic E-state index is 11.6. The molecule has 0 amide bonds. The molecule has 0 bridgehead atoms. The zero-order chi connectivity index (χ0) is 16.7. The zero-order valence-electron chi connectivity index (χ0n) is 13.8. The summed E-state index contributed by atoms with van der Waals surface area (Å²) < 4.78 is 11.8. The predicted molar refractivity (Wildman–Crippen MR) is 91.7 cm³/mol. The third kappa shape index (κ3) is 4.15. The molecule has 0 spiro atoms. The molecule has 0 aromatic heterocycles. The highest BCUT2D eigenvalue weighted by atomic mass is 16.5. The highest BCUT2D eigenvalue weighted by molar-refractivity contribution is 6.07. The van der Waals surface area contributed by atoms with Crippen molar-refractivity contribution in [2.75, 3.05) is 13.2 Å². The van der Waals surface area contributed by atoms with E-state index in [0.29, 0.717) is 30.1 Å². The minimum Gasteiger partial charge on any atom is -0.490 e. The molecule has 0 saturated carbocycles. The first-order valence-corrected chi connectivity index (χ1v) is 8.23. The van der Waals surface area contributed by atoms with Crippen LogP contribution in [0.5, 0.6) is 11.5 Å². The number of carboxylic acid groups (broad SMARTS) is 1. The first kappa shape index (κ1) is 17.1. The Morgan fingerprint density at radius 3 is 2.22 bits per heavy atom. The van der Waals surface area contributed by atoms with Crippen molar-refractivity contribution in [1.29, 1.82) is 0 Å². The van der Waals surface area contributed by atoms with Crippen molar-refractivity contribution in [2.45, 2.75) is 39.5 Å². The standard InChI is InChI=1S/C19H24O4/c1-3-5-11-22-17-13-16(19(20)21)14-9-7-8-10-15(14)18(17)23-12-6-4-2/h7-10,13H,3-6,11-12H2,1-2H3,(H,20,21). The lowest BCUT2D eigenvalue weighted by Crippen LogP contribution is -2.06. The molecule has 2 rings (SSSR count). The summed E-state index contributed by atoms with van der Waals surface area (Å²) in [5.41, 5.74) is 0.245. The van der Waals surface area contributed by atoms with Crippen LogP contribution in [0.15, 0.2) is 30.3 Å². The molecule has 2 aromatic rings. The molecule has 0 aliphatic carbocycles.